The Balaban J connectivity index is 1.57. The third-order valence-electron chi connectivity index (χ3n) is 5.24. The lowest BCUT2D eigenvalue weighted by Crippen LogP contribution is -2.35. The maximum Gasteiger partial charge on any atom is 0.261 e. The van der Waals surface area contributed by atoms with Crippen molar-refractivity contribution in [2.24, 2.45) is 0 Å². The second-order valence-electron chi connectivity index (χ2n) is 7.14. The SMILES string of the molecule is COc1ccccc1OCC(=O)N1CCC[C@@H]1c1nc(C)ncc1-c1ccncc1. The number of nitrogens with zero attached hydrogens (tertiary/aromatic N) is 4. The molecule has 0 N–H and O–H groups in total. The standard InChI is InChI=1S/C23H24N4O3/c1-16-25-14-18(17-9-11-24-12-10-17)23(26-16)19-6-5-13-27(19)22(28)15-30-21-8-4-3-7-20(21)29-2/h3-4,7-12,14,19H,5-6,13,15H2,1-2H3/t19-/m1/s1. The number of likely N-dealkylation sites (tertiary alicyclic amines) is 1. The van der Waals surface area contributed by atoms with Crippen molar-refractivity contribution in [3.05, 3.63) is 66.5 Å². The summed E-state index contributed by atoms with van der Waals surface area (Å²) in [5, 5.41) is 0. The molecular weight excluding hydrogens is 380 g/mol. The molecule has 154 valence electrons. The van der Waals surface area contributed by atoms with E-state index in [2.05, 4.69) is 9.97 Å². The second-order valence-corrected chi connectivity index (χ2v) is 7.14. The molecule has 0 radical (unpaired) electrons. The van der Waals surface area contributed by atoms with Crippen LogP contribution in [0.25, 0.3) is 11.1 Å². The van der Waals surface area contributed by atoms with Crippen LogP contribution < -0.4 is 9.47 Å². The number of carbonyl (C=O) groups excluding carboxylic acids is 1. The molecule has 0 aliphatic carbocycles. The van der Waals surface area contributed by atoms with Crippen LogP contribution in [0.2, 0.25) is 0 Å². The predicted octanol–water partition coefficient (Wildman–Crippen LogP) is 3.60. The normalized spacial score (nSPS) is 15.8. The number of carbonyl (C=O) groups is 1. The Kier molecular flexibility index (Phi) is 5.88. The van der Waals surface area contributed by atoms with Crippen LogP contribution in [-0.4, -0.2) is 46.0 Å². The summed E-state index contributed by atoms with van der Waals surface area (Å²) in [6, 6.07) is 11.1. The van der Waals surface area contributed by atoms with Crippen molar-refractivity contribution in [2.75, 3.05) is 20.3 Å². The molecule has 7 heteroatoms. The van der Waals surface area contributed by atoms with Gasteiger partial charge in [-0.1, -0.05) is 12.1 Å². The molecule has 1 amide bonds. The lowest BCUT2D eigenvalue weighted by molar-refractivity contribution is -0.134. The fourth-order valence-electron chi connectivity index (χ4n) is 3.81. The van der Waals surface area contributed by atoms with E-state index in [-0.39, 0.29) is 18.6 Å². The molecule has 2 aromatic heterocycles. The highest BCUT2D eigenvalue weighted by molar-refractivity contribution is 5.79. The van der Waals surface area contributed by atoms with E-state index in [1.54, 1.807) is 25.6 Å². The zero-order valence-electron chi connectivity index (χ0n) is 17.1. The molecular formula is C23H24N4O3. The average molecular weight is 404 g/mol. The molecule has 7 nitrogen and oxygen atoms in total. The lowest BCUT2D eigenvalue weighted by atomic mass is 10.0. The van der Waals surface area contributed by atoms with Gasteiger partial charge in [0.05, 0.1) is 18.8 Å². The van der Waals surface area contributed by atoms with E-state index in [4.69, 9.17) is 14.5 Å². The number of aromatic nitrogens is 3. The molecule has 0 unspecified atom stereocenters. The summed E-state index contributed by atoms with van der Waals surface area (Å²) in [5.74, 6) is 1.78. The number of para-hydroxylation sites is 2. The van der Waals surface area contributed by atoms with Gasteiger partial charge in [0.15, 0.2) is 18.1 Å². The highest BCUT2D eigenvalue weighted by atomic mass is 16.5. The maximum atomic E-state index is 13.0. The van der Waals surface area contributed by atoms with Gasteiger partial charge in [0.1, 0.15) is 5.82 Å². The molecule has 4 rings (SSSR count). The van der Waals surface area contributed by atoms with Gasteiger partial charge in [-0.05, 0) is 49.6 Å². The third-order valence-corrected chi connectivity index (χ3v) is 5.24. The van der Waals surface area contributed by atoms with Gasteiger partial charge >= 0.3 is 0 Å². The molecule has 1 aliphatic heterocycles. The first-order valence-corrected chi connectivity index (χ1v) is 9.96. The summed E-state index contributed by atoms with van der Waals surface area (Å²) in [6.45, 7) is 2.49. The van der Waals surface area contributed by atoms with Crippen LogP contribution in [0.3, 0.4) is 0 Å². The third kappa shape index (κ3) is 4.10. The van der Waals surface area contributed by atoms with E-state index >= 15 is 0 Å². The van der Waals surface area contributed by atoms with Crippen LogP contribution in [-0.2, 0) is 4.79 Å². The molecule has 1 saturated heterocycles. The Bertz CT molecular complexity index is 1030. The molecule has 1 aliphatic rings. The Morgan fingerprint density at radius 2 is 1.93 bits per heavy atom. The number of methoxy groups -OCH3 is 1. The first-order chi connectivity index (χ1) is 14.7. The van der Waals surface area contributed by atoms with Crippen LogP contribution in [0.4, 0.5) is 0 Å². The summed E-state index contributed by atoms with van der Waals surface area (Å²) in [7, 11) is 1.58. The van der Waals surface area contributed by atoms with E-state index in [1.807, 2.05) is 48.4 Å². The molecule has 0 spiro atoms. The molecule has 1 aromatic carbocycles. The number of benzene rings is 1. The van der Waals surface area contributed by atoms with E-state index in [0.29, 0.717) is 23.9 Å². The zero-order valence-corrected chi connectivity index (χ0v) is 17.1. The van der Waals surface area contributed by atoms with Gasteiger partial charge in [-0.2, -0.15) is 0 Å². The van der Waals surface area contributed by atoms with Crippen LogP contribution in [0.15, 0.2) is 55.0 Å². The summed E-state index contributed by atoms with van der Waals surface area (Å²) in [4.78, 5) is 28.1. The van der Waals surface area contributed by atoms with Crippen molar-refractivity contribution < 1.29 is 14.3 Å². The number of ether oxygens (including phenoxy) is 2. The van der Waals surface area contributed by atoms with Crippen molar-refractivity contribution in [2.45, 2.75) is 25.8 Å². The molecule has 3 aromatic rings. The highest BCUT2D eigenvalue weighted by Crippen LogP contribution is 2.36. The van der Waals surface area contributed by atoms with Crippen molar-refractivity contribution in [1.82, 2.24) is 19.9 Å². The number of hydrogen-bond acceptors (Lipinski definition) is 6. The van der Waals surface area contributed by atoms with Crippen molar-refractivity contribution in [3.63, 3.8) is 0 Å². The summed E-state index contributed by atoms with van der Waals surface area (Å²) < 4.78 is 11.1. The van der Waals surface area contributed by atoms with Crippen LogP contribution in [0.5, 0.6) is 11.5 Å². The number of amides is 1. The Morgan fingerprint density at radius 3 is 2.70 bits per heavy atom. The minimum Gasteiger partial charge on any atom is -0.493 e. The van der Waals surface area contributed by atoms with Crippen LogP contribution in [0, 0.1) is 6.92 Å². The molecule has 1 atom stereocenters. The number of rotatable bonds is 6. The fourth-order valence-corrected chi connectivity index (χ4v) is 3.81. The molecule has 1 fully saturated rings. The summed E-state index contributed by atoms with van der Waals surface area (Å²) >= 11 is 0. The van der Waals surface area contributed by atoms with Gasteiger partial charge in [0.25, 0.3) is 5.91 Å². The fraction of sp³-hybridized carbons (Fsp3) is 0.304. The Hall–Kier alpha value is -3.48. The monoisotopic (exact) mass is 404 g/mol. The van der Waals surface area contributed by atoms with E-state index in [1.165, 1.54) is 0 Å². The minimum atomic E-state index is -0.108. The van der Waals surface area contributed by atoms with Gasteiger partial charge < -0.3 is 14.4 Å². The van der Waals surface area contributed by atoms with Crippen molar-refractivity contribution >= 4 is 5.91 Å². The predicted molar refractivity (Wildman–Crippen MR) is 112 cm³/mol. The van der Waals surface area contributed by atoms with E-state index in [9.17, 15) is 4.79 Å². The molecule has 3 heterocycles. The highest BCUT2D eigenvalue weighted by Gasteiger charge is 2.33. The quantitative estimate of drug-likeness (QED) is 0.625. The number of hydrogen-bond donors (Lipinski definition) is 0. The molecule has 0 saturated carbocycles. The van der Waals surface area contributed by atoms with Gasteiger partial charge in [0.2, 0.25) is 0 Å². The minimum absolute atomic E-state index is 0.0501. The summed E-state index contributed by atoms with van der Waals surface area (Å²) in [5.41, 5.74) is 2.79. The van der Waals surface area contributed by atoms with E-state index in [0.717, 1.165) is 29.7 Å². The largest absolute Gasteiger partial charge is 0.493 e. The Labute approximate surface area is 175 Å². The van der Waals surface area contributed by atoms with Gasteiger partial charge in [0, 0.05) is 30.7 Å². The van der Waals surface area contributed by atoms with Crippen LogP contribution >= 0.6 is 0 Å². The first-order valence-electron chi connectivity index (χ1n) is 9.96. The smallest absolute Gasteiger partial charge is 0.261 e. The average Bonchev–Trinajstić information content (AvgIpc) is 3.28. The topological polar surface area (TPSA) is 77.4 Å². The first kappa shape index (κ1) is 19.8. The molecule has 0 bridgehead atoms. The van der Waals surface area contributed by atoms with Gasteiger partial charge in [-0.15, -0.1) is 0 Å². The zero-order chi connectivity index (χ0) is 20.9. The summed E-state index contributed by atoms with van der Waals surface area (Å²) in [6.07, 6.45) is 7.10. The number of aryl methyl sites for hydroxylation is 1. The van der Waals surface area contributed by atoms with Gasteiger partial charge in [-0.3, -0.25) is 9.78 Å². The van der Waals surface area contributed by atoms with Crippen molar-refractivity contribution in [3.8, 4) is 22.6 Å². The lowest BCUT2D eigenvalue weighted by Gasteiger charge is -2.26. The molecule has 30 heavy (non-hydrogen) atoms. The Morgan fingerprint density at radius 1 is 1.17 bits per heavy atom. The van der Waals surface area contributed by atoms with Crippen molar-refractivity contribution in [1.29, 1.82) is 0 Å². The van der Waals surface area contributed by atoms with E-state index < -0.39 is 0 Å². The second kappa shape index (κ2) is 8.90. The van der Waals surface area contributed by atoms with Gasteiger partial charge in [-0.25, -0.2) is 9.97 Å². The number of pyridine rings is 1. The van der Waals surface area contributed by atoms with Crippen LogP contribution in [0.1, 0.15) is 30.4 Å². The maximum absolute atomic E-state index is 13.0.